The molecule has 2 rings (SSSR count). The number of para-hydroxylation sites is 1. The predicted octanol–water partition coefficient (Wildman–Crippen LogP) is 2.79. The first kappa shape index (κ1) is 15.3. The van der Waals surface area contributed by atoms with Gasteiger partial charge in [0.25, 0.3) is 0 Å². The van der Waals surface area contributed by atoms with E-state index >= 15 is 0 Å². The second kappa shape index (κ2) is 6.10. The molecular weight excluding hydrogens is 268 g/mol. The van der Waals surface area contributed by atoms with E-state index in [1.807, 2.05) is 45.0 Å². The third-order valence-corrected chi connectivity index (χ3v) is 2.81. The second-order valence-electron chi connectivity index (χ2n) is 5.71. The topological polar surface area (TPSA) is 74.4 Å². The van der Waals surface area contributed by atoms with E-state index in [9.17, 15) is 4.79 Å². The zero-order valence-corrected chi connectivity index (χ0v) is 12.6. The summed E-state index contributed by atoms with van der Waals surface area (Å²) in [6, 6.07) is 8.94. The zero-order chi connectivity index (χ0) is 15.5. The van der Waals surface area contributed by atoms with Crippen molar-refractivity contribution in [2.45, 2.75) is 26.4 Å². The molecule has 0 unspecified atom stereocenters. The third kappa shape index (κ3) is 4.16. The van der Waals surface area contributed by atoms with Gasteiger partial charge in [-0.1, -0.05) is 18.2 Å². The molecule has 0 saturated heterocycles. The average molecular weight is 288 g/mol. The number of rotatable bonds is 4. The number of nitrogens with two attached hydrogens (primary N) is 1. The average Bonchev–Trinajstić information content (AvgIpc) is 2.42. The smallest absolute Gasteiger partial charge is 0.357 e. The molecule has 0 saturated carbocycles. The van der Waals surface area contributed by atoms with Crippen LogP contribution in [-0.4, -0.2) is 29.8 Å². The predicted molar refractivity (Wildman–Crippen MR) is 82.1 cm³/mol. The van der Waals surface area contributed by atoms with Gasteiger partial charge in [-0.2, -0.15) is 0 Å². The van der Waals surface area contributed by atoms with Gasteiger partial charge in [-0.3, -0.25) is 0 Å². The fraction of sp³-hybridized carbons (Fsp3) is 0.375. The van der Waals surface area contributed by atoms with Gasteiger partial charge in [0.15, 0.2) is 5.69 Å². The van der Waals surface area contributed by atoms with Crippen LogP contribution in [0.3, 0.4) is 0 Å². The molecule has 0 fully saturated rings. The molecule has 1 aromatic heterocycles. The van der Waals surface area contributed by atoms with Crippen LogP contribution in [0.25, 0.3) is 10.9 Å². The first-order valence-corrected chi connectivity index (χ1v) is 6.83. The number of anilines is 1. The highest BCUT2D eigenvalue weighted by Gasteiger charge is 2.13. The van der Waals surface area contributed by atoms with Crippen molar-refractivity contribution in [1.82, 2.24) is 4.98 Å². The van der Waals surface area contributed by atoms with Crippen molar-refractivity contribution in [1.29, 1.82) is 0 Å². The molecule has 5 heteroatoms. The van der Waals surface area contributed by atoms with Crippen molar-refractivity contribution in [3.05, 3.63) is 36.0 Å². The summed E-state index contributed by atoms with van der Waals surface area (Å²) in [6.07, 6.45) is 0. The monoisotopic (exact) mass is 288 g/mol. The van der Waals surface area contributed by atoms with Gasteiger partial charge in [0, 0.05) is 11.1 Å². The fourth-order valence-electron chi connectivity index (χ4n) is 1.86. The van der Waals surface area contributed by atoms with Gasteiger partial charge >= 0.3 is 5.97 Å². The third-order valence-electron chi connectivity index (χ3n) is 2.81. The Bertz CT molecular complexity index is 648. The van der Waals surface area contributed by atoms with Crippen LogP contribution in [-0.2, 0) is 9.47 Å². The molecule has 2 aromatic rings. The van der Waals surface area contributed by atoms with E-state index in [0.29, 0.717) is 17.8 Å². The highest BCUT2D eigenvalue weighted by Crippen LogP contribution is 2.20. The number of aromatic nitrogens is 1. The molecular formula is C16H20N2O3. The van der Waals surface area contributed by atoms with E-state index < -0.39 is 5.97 Å². The maximum atomic E-state index is 12.0. The number of benzene rings is 1. The number of carbonyl (C=O) groups excluding carboxylic acids is 1. The lowest BCUT2D eigenvalue weighted by molar-refractivity contribution is -0.0283. The lowest BCUT2D eigenvalue weighted by atomic mass is 10.1. The SMILES string of the molecule is CC(C)(C)OCCOC(=O)c1cc(N)c2ccccc2n1. The summed E-state index contributed by atoms with van der Waals surface area (Å²) in [5.41, 5.74) is 7.08. The van der Waals surface area contributed by atoms with E-state index in [2.05, 4.69) is 4.98 Å². The Hall–Kier alpha value is -2.14. The highest BCUT2D eigenvalue weighted by molar-refractivity contribution is 5.96. The molecule has 1 aromatic carbocycles. The van der Waals surface area contributed by atoms with Crippen molar-refractivity contribution in [3.8, 4) is 0 Å². The molecule has 2 N–H and O–H groups in total. The van der Waals surface area contributed by atoms with E-state index in [4.69, 9.17) is 15.2 Å². The Morgan fingerprint density at radius 1 is 1.24 bits per heavy atom. The van der Waals surface area contributed by atoms with Crippen LogP contribution in [0.15, 0.2) is 30.3 Å². The van der Waals surface area contributed by atoms with Gasteiger partial charge in [0.05, 0.1) is 17.7 Å². The van der Waals surface area contributed by atoms with E-state index in [-0.39, 0.29) is 17.9 Å². The van der Waals surface area contributed by atoms with Gasteiger partial charge in [0.1, 0.15) is 6.61 Å². The Balaban J connectivity index is 2.03. The summed E-state index contributed by atoms with van der Waals surface area (Å²) in [5.74, 6) is -0.495. The molecule has 0 amide bonds. The zero-order valence-electron chi connectivity index (χ0n) is 12.6. The maximum Gasteiger partial charge on any atom is 0.357 e. The number of ether oxygens (including phenoxy) is 2. The number of carbonyl (C=O) groups is 1. The van der Waals surface area contributed by atoms with E-state index in [1.165, 1.54) is 6.07 Å². The summed E-state index contributed by atoms with van der Waals surface area (Å²) >= 11 is 0. The maximum absolute atomic E-state index is 12.0. The van der Waals surface area contributed by atoms with Gasteiger partial charge in [-0.25, -0.2) is 9.78 Å². The number of hydrogen-bond acceptors (Lipinski definition) is 5. The summed E-state index contributed by atoms with van der Waals surface area (Å²) in [6.45, 7) is 6.37. The Morgan fingerprint density at radius 2 is 1.95 bits per heavy atom. The van der Waals surface area contributed by atoms with Gasteiger partial charge in [0.2, 0.25) is 0 Å². The summed E-state index contributed by atoms with van der Waals surface area (Å²) < 4.78 is 10.6. The minimum Gasteiger partial charge on any atom is -0.459 e. The Kier molecular flexibility index (Phi) is 4.43. The van der Waals surface area contributed by atoms with Crippen LogP contribution in [0.4, 0.5) is 5.69 Å². The van der Waals surface area contributed by atoms with E-state index in [0.717, 1.165) is 5.39 Å². The Labute approximate surface area is 124 Å². The lowest BCUT2D eigenvalue weighted by Crippen LogP contribution is -2.22. The summed E-state index contributed by atoms with van der Waals surface area (Å²) in [7, 11) is 0. The van der Waals surface area contributed by atoms with Crippen LogP contribution in [0.1, 0.15) is 31.3 Å². The largest absolute Gasteiger partial charge is 0.459 e. The second-order valence-corrected chi connectivity index (χ2v) is 5.71. The van der Waals surface area contributed by atoms with Crippen molar-refractivity contribution in [2.24, 2.45) is 0 Å². The number of fused-ring (bicyclic) bond motifs is 1. The molecule has 112 valence electrons. The number of hydrogen-bond donors (Lipinski definition) is 1. The minimum atomic E-state index is -0.495. The van der Waals surface area contributed by atoms with Crippen molar-refractivity contribution < 1.29 is 14.3 Å². The van der Waals surface area contributed by atoms with Gasteiger partial charge in [-0.15, -0.1) is 0 Å². The molecule has 0 atom stereocenters. The first-order chi connectivity index (χ1) is 9.87. The minimum absolute atomic E-state index is 0.185. The van der Waals surface area contributed by atoms with Crippen molar-refractivity contribution in [2.75, 3.05) is 18.9 Å². The number of nitrogens with zero attached hydrogens (tertiary/aromatic N) is 1. The molecule has 1 heterocycles. The standard InChI is InChI=1S/C16H20N2O3/c1-16(2,3)21-9-8-20-15(19)14-10-12(17)11-6-4-5-7-13(11)18-14/h4-7,10H,8-9H2,1-3H3,(H2,17,18). The van der Waals surface area contributed by atoms with Gasteiger partial charge < -0.3 is 15.2 Å². The first-order valence-electron chi connectivity index (χ1n) is 6.83. The molecule has 0 aliphatic carbocycles. The van der Waals surface area contributed by atoms with Crippen LogP contribution in [0, 0.1) is 0 Å². The van der Waals surface area contributed by atoms with E-state index in [1.54, 1.807) is 0 Å². The lowest BCUT2D eigenvalue weighted by Gasteiger charge is -2.19. The van der Waals surface area contributed by atoms with Crippen molar-refractivity contribution in [3.63, 3.8) is 0 Å². The quantitative estimate of drug-likeness (QED) is 0.691. The van der Waals surface area contributed by atoms with Gasteiger partial charge in [-0.05, 0) is 32.9 Å². The molecule has 0 spiro atoms. The number of pyridine rings is 1. The molecule has 0 aliphatic rings. The molecule has 21 heavy (non-hydrogen) atoms. The summed E-state index contributed by atoms with van der Waals surface area (Å²) in [5, 5.41) is 0.824. The van der Waals surface area contributed by atoms with Crippen LogP contribution in [0.2, 0.25) is 0 Å². The normalized spacial score (nSPS) is 11.6. The van der Waals surface area contributed by atoms with Crippen LogP contribution in [0.5, 0.6) is 0 Å². The molecule has 0 radical (unpaired) electrons. The fourth-order valence-corrected chi connectivity index (χ4v) is 1.86. The summed E-state index contributed by atoms with van der Waals surface area (Å²) in [4.78, 5) is 16.2. The number of esters is 1. The molecule has 0 aliphatic heterocycles. The van der Waals surface area contributed by atoms with Crippen molar-refractivity contribution >= 4 is 22.6 Å². The number of nitrogen functional groups attached to an aromatic ring is 1. The van der Waals surface area contributed by atoms with Crippen LogP contribution < -0.4 is 5.73 Å². The highest BCUT2D eigenvalue weighted by atomic mass is 16.6. The Morgan fingerprint density at radius 3 is 2.67 bits per heavy atom. The molecule has 0 bridgehead atoms. The van der Waals surface area contributed by atoms with Crippen LogP contribution >= 0.6 is 0 Å². The molecule has 5 nitrogen and oxygen atoms in total.